The average Bonchev–Trinajstić information content (AvgIpc) is 1.99. The summed E-state index contributed by atoms with van der Waals surface area (Å²) in [6, 6.07) is 0. The lowest BCUT2D eigenvalue weighted by molar-refractivity contribution is -0.159. The lowest BCUT2D eigenvalue weighted by Crippen LogP contribution is -2.29. The van der Waals surface area contributed by atoms with Crippen molar-refractivity contribution in [3.05, 3.63) is 0 Å². The SMILES string of the molecule is CCN(OC(=O)SC)C(C)=O. The van der Waals surface area contributed by atoms with Crippen LogP contribution in [0.1, 0.15) is 13.8 Å². The zero-order chi connectivity index (χ0) is 8.85. The maximum Gasteiger partial charge on any atom is 0.391 e. The van der Waals surface area contributed by atoms with E-state index >= 15 is 0 Å². The largest absolute Gasteiger partial charge is 0.391 e. The molecule has 0 spiro atoms. The van der Waals surface area contributed by atoms with Gasteiger partial charge in [0.15, 0.2) is 0 Å². The van der Waals surface area contributed by atoms with Gasteiger partial charge in [-0.3, -0.25) is 4.79 Å². The summed E-state index contributed by atoms with van der Waals surface area (Å²) in [5.41, 5.74) is 0. The first kappa shape index (κ1) is 10.3. The molecular weight excluding hydrogens is 166 g/mol. The first-order valence-electron chi connectivity index (χ1n) is 3.15. The van der Waals surface area contributed by atoms with Crippen LogP contribution in [-0.2, 0) is 9.63 Å². The van der Waals surface area contributed by atoms with Gasteiger partial charge in [-0.2, -0.15) is 5.06 Å². The highest BCUT2D eigenvalue weighted by atomic mass is 32.2. The highest BCUT2D eigenvalue weighted by Gasteiger charge is 2.10. The van der Waals surface area contributed by atoms with Gasteiger partial charge < -0.3 is 4.84 Å². The topological polar surface area (TPSA) is 46.6 Å². The number of amides is 1. The lowest BCUT2D eigenvalue weighted by atomic mass is 10.6. The predicted octanol–water partition coefficient (Wildman–Crippen LogP) is 1.27. The van der Waals surface area contributed by atoms with Gasteiger partial charge in [-0.1, -0.05) is 0 Å². The zero-order valence-corrected chi connectivity index (χ0v) is 7.60. The Hall–Kier alpha value is -0.710. The number of thioether (sulfide) groups is 1. The predicted molar refractivity (Wildman–Crippen MR) is 43.1 cm³/mol. The summed E-state index contributed by atoms with van der Waals surface area (Å²) >= 11 is 0.931. The molecule has 0 aliphatic rings. The number of hydroxylamine groups is 2. The number of rotatable bonds is 1. The molecule has 0 heterocycles. The summed E-state index contributed by atoms with van der Waals surface area (Å²) in [5, 5.41) is 0.542. The monoisotopic (exact) mass is 177 g/mol. The molecule has 0 saturated carbocycles. The van der Waals surface area contributed by atoms with E-state index in [0.29, 0.717) is 6.54 Å². The molecule has 0 atom stereocenters. The smallest absolute Gasteiger partial charge is 0.327 e. The highest BCUT2D eigenvalue weighted by molar-refractivity contribution is 8.12. The molecule has 4 nitrogen and oxygen atoms in total. The Kier molecular flexibility index (Phi) is 4.69. The van der Waals surface area contributed by atoms with Crippen LogP contribution >= 0.6 is 11.8 Å². The molecule has 1 amide bonds. The minimum atomic E-state index is -0.470. The zero-order valence-electron chi connectivity index (χ0n) is 6.79. The highest BCUT2D eigenvalue weighted by Crippen LogP contribution is 2.02. The third-order valence-electron chi connectivity index (χ3n) is 0.990. The van der Waals surface area contributed by atoms with Gasteiger partial charge in [0, 0.05) is 6.92 Å². The van der Waals surface area contributed by atoms with Gasteiger partial charge in [-0.15, -0.1) is 0 Å². The quantitative estimate of drug-likeness (QED) is 0.566. The third-order valence-corrected chi connectivity index (χ3v) is 1.40. The van der Waals surface area contributed by atoms with Gasteiger partial charge in [0.1, 0.15) is 0 Å². The number of hydrogen-bond donors (Lipinski definition) is 0. The Morgan fingerprint density at radius 1 is 1.55 bits per heavy atom. The second kappa shape index (κ2) is 5.01. The molecule has 0 aromatic carbocycles. The van der Waals surface area contributed by atoms with Crippen LogP contribution in [0.2, 0.25) is 0 Å². The van der Waals surface area contributed by atoms with Crippen LogP contribution in [0, 0.1) is 0 Å². The summed E-state index contributed by atoms with van der Waals surface area (Å²) in [7, 11) is 0. The van der Waals surface area contributed by atoms with Crippen LogP contribution < -0.4 is 0 Å². The molecule has 0 aromatic heterocycles. The van der Waals surface area contributed by atoms with Crippen LogP contribution in [0.25, 0.3) is 0 Å². The summed E-state index contributed by atoms with van der Waals surface area (Å²) in [4.78, 5) is 25.9. The fourth-order valence-corrected chi connectivity index (χ4v) is 0.643. The van der Waals surface area contributed by atoms with Crippen LogP contribution in [0.3, 0.4) is 0 Å². The van der Waals surface area contributed by atoms with Gasteiger partial charge >= 0.3 is 5.30 Å². The molecule has 0 radical (unpaired) electrons. The summed E-state index contributed by atoms with van der Waals surface area (Å²) in [6.45, 7) is 3.45. The van der Waals surface area contributed by atoms with Crippen molar-refractivity contribution in [3.63, 3.8) is 0 Å². The van der Waals surface area contributed by atoms with E-state index in [-0.39, 0.29) is 5.91 Å². The van der Waals surface area contributed by atoms with Crippen molar-refractivity contribution in [3.8, 4) is 0 Å². The molecule has 0 rings (SSSR count). The molecule has 64 valence electrons. The molecule has 0 unspecified atom stereocenters. The fourth-order valence-electron chi connectivity index (χ4n) is 0.479. The van der Waals surface area contributed by atoms with Crippen molar-refractivity contribution in [2.45, 2.75) is 13.8 Å². The molecule has 0 N–H and O–H groups in total. The summed E-state index contributed by atoms with van der Waals surface area (Å²) in [6.07, 6.45) is 1.59. The molecule has 0 saturated heterocycles. The van der Waals surface area contributed by atoms with Crippen LogP contribution in [0.5, 0.6) is 0 Å². The molecule has 0 fully saturated rings. The van der Waals surface area contributed by atoms with E-state index < -0.39 is 5.30 Å². The van der Waals surface area contributed by atoms with Gasteiger partial charge in [-0.25, -0.2) is 4.79 Å². The summed E-state index contributed by atoms with van der Waals surface area (Å²) < 4.78 is 0. The maximum absolute atomic E-state index is 10.7. The van der Waals surface area contributed by atoms with E-state index in [1.165, 1.54) is 6.92 Å². The number of nitrogens with zero attached hydrogens (tertiary/aromatic N) is 1. The first-order valence-corrected chi connectivity index (χ1v) is 4.38. The minimum Gasteiger partial charge on any atom is -0.327 e. The van der Waals surface area contributed by atoms with E-state index in [2.05, 4.69) is 4.84 Å². The van der Waals surface area contributed by atoms with Crippen molar-refractivity contribution in [2.24, 2.45) is 0 Å². The van der Waals surface area contributed by atoms with E-state index in [1.54, 1.807) is 13.2 Å². The Morgan fingerprint density at radius 2 is 2.09 bits per heavy atom. The van der Waals surface area contributed by atoms with Crippen molar-refractivity contribution in [1.82, 2.24) is 5.06 Å². The second-order valence-corrected chi connectivity index (χ2v) is 2.50. The van der Waals surface area contributed by atoms with Crippen LogP contribution in [0.15, 0.2) is 0 Å². The third kappa shape index (κ3) is 3.87. The van der Waals surface area contributed by atoms with Crippen molar-refractivity contribution < 1.29 is 14.4 Å². The van der Waals surface area contributed by atoms with Gasteiger partial charge in [-0.05, 0) is 24.9 Å². The molecule has 0 aromatic rings. The molecule has 0 bridgehead atoms. The van der Waals surface area contributed by atoms with E-state index in [1.807, 2.05) is 0 Å². The number of carbonyl (C=O) groups excluding carboxylic acids is 2. The normalized spacial score (nSPS) is 9.00. The van der Waals surface area contributed by atoms with Gasteiger partial charge in [0.2, 0.25) is 0 Å². The number of carbonyl (C=O) groups is 2. The van der Waals surface area contributed by atoms with E-state index in [9.17, 15) is 9.59 Å². The van der Waals surface area contributed by atoms with Crippen molar-refractivity contribution in [1.29, 1.82) is 0 Å². The molecular formula is C6H11NO3S. The minimum absolute atomic E-state index is 0.269. The van der Waals surface area contributed by atoms with Gasteiger partial charge in [0.05, 0.1) is 6.54 Å². The van der Waals surface area contributed by atoms with Crippen molar-refractivity contribution in [2.75, 3.05) is 12.8 Å². The molecule has 11 heavy (non-hydrogen) atoms. The Labute approximate surface area is 69.8 Å². The molecule has 0 aliphatic heterocycles. The van der Waals surface area contributed by atoms with Crippen LogP contribution in [0.4, 0.5) is 4.79 Å². The maximum atomic E-state index is 10.7. The Balaban J connectivity index is 3.88. The molecule has 0 aliphatic carbocycles. The van der Waals surface area contributed by atoms with Crippen LogP contribution in [-0.4, -0.2) is 29.1 Å². The first-order chi connectivity index (χ1) is 5.11. The number of hydrogen-bond acceptors (Lipinski definition) is 4. The standard InChI is InChI=1S/C6H11NO3S/c1-4-7(5(2)8)10-6(9)11-3/h4H2,1-3H3. The fraction of sp³-hybridized carbons (Fsp3) is 0.667. The Morgan fingerprint density at radius 3 is 2.36 bits per heavy atom. The lowest BCUT2D eigenvalue weighted by Gasteiger charge is -2.15. The summed E-state index contributed by atoms with van der Waals surface area (Å²) in [5.74, 6) is -0.269. The second-order valence-electron chi connectivity index (χ2n) is 1.76. The van der Waals surface area contributed by atoms with E-state index in [4.69, 9.17) is 0 Å². The van der Waals surface area contributed by atoms with E-state index in [0.717, 1.165) is 16.8 Å². The van der Waals surface area contributed by atoms with Crippen molar-refractivity contribution >= 4 is 23.0 Å². The Bertz CT molecular complexity index is 160. The molecule has 5 heteroatoms. The van der Waals surface area contributed by atoms with Gasteiger partial charge in [0.25, 0.3) is 5.91 Å². The average molecular weight is 177 g/mol.